The van der Waals surface area contributed by atoms with Crippen LogP contribution in [-0.2, 0) is 0 Å². The molecule has 17 heavy (non-hydrogen) atoms. The molecule has 1 aliphatic rings. The van der Waals surface area contributed by atoms with Gasteiger partial charge < -0.3 is 0 Å². The molecule has 0 aliphatic carbocycles. The van der Waals surface area contributed by atoms with E-state index in [-0.39, 0.29) is 15.8 Å². The maximum absolute atomic E-state index is 11.7. The fourth-order valence-electron chi connectivity index (χ4n) is 1.57. The molecule has 0 spiro atoms. The van der Waals surface area contributed by atoms with Crippen molar-refractivity contribution in [2.24, 2.45) is 0 Å². The van der Waals surface area contributed by atoms with Crippen molar-refractivity contribution < 1.29 is 0 Å². The van der Waals surface area contributed by atoms with Crippen LogP contribution in [0.5, 0.6) is 0 Å². The Labute approximate surface area is 112 Å². The van der Waals surface area contributed by atoms with Crippen molar-refractivity contribution in [3.8, 4) is 0 Å². The number of hydrogen-bond acceptors (Lipinski definition) is 5. The van der Waals surface area contributed by atoms with Crippen LogP contribution >= 0.6 is 11.8 Å². The summed E-state index contributed by atoms with van der Waals surface area (Å²) in [5.41, 5.74) is 5.41. The summed E-state index contributed by atoms with van der Waals surface area (Å²) in [6.07, 6.45) is 5.18. The number of nitrogen functional groups attached to an aromatic ring is 1. The van der Waals surface area contributed by atoms with Gasteiger partial charge >= 0.3 is 112 Å². The number of rotatable bonds is 3. The third-order valence-corrected chi connectivity index (χ3v) is 4.66. The van der Waals surface area contributed by atoms with E-state index in [4.69, 9.17) is 5.73 Å². The van der Waals surface area contributed by atoms with Crippen molar-refractivity contribution in [3.63, 3.8) is 0 Å². The first-order valence-corrected chi connectivity index (χ1v) is 7.26. The average molecular weight is 317 g/mol. The molecule has 1 aliphatic heterocycles. The van der Waals surface area contributed by atoms with Crippen LogP contribution in [0.15, 0.2) is 21.8 Å². The molecule has 7 heteroatoms. The quantitative estimate of drug-likeness (QED) is 0.624. The fourth-order valence-corrected chi connectivity index (χ4v) is 3.61. The summed E-state index contributed by atoms with van der Waals surface area (Å²) in [5.74, 6) is 0.850. The van der Waals surface area contributed by atoms with Crippen molar-refractivity contribution in [1.82, 2.24) is 9.97 Å². The SMILES string of the molecule is CCC=CCN1c2nc(N)[nH]c(=O)c2SC1[SeH]. The Morgan fingerprint density at radius 1 is 1.65 bits per heavy atom. The number of fused-ring (bicyclic) bond motifs is 1. The Kier molecular flexibility index (Phi) is 3.81. The third kappa shape index (κ3) is 2.51. The molecule has 3 N–H and O–H groups in total. The van der Waals surface area contributed by atoms with Gasteiger partial charge in [-0.1, -0.05) is 0 Å². The van der Waals surface area contributed by atoms with Gasteiger partial charge in [0.25, 0.3) is 0 Å². The summed E-state index contributed by atoms with van der Waals surface area (Å²) >= 11 is 4.04. The number of thioether (sulfide) groups is 1. The molecule has 0 saturated heterocycles. The molecule has 2 rings (SSSR count). The summed E-state index contributed by atoms with van der Waals surface area (Å²) in [6, 6.07) is 0. The van der Waals surface area contributed by atoms with Crippen molar-refractivity contribution in [3.05, 3.63) is 22.5 Å². The number of aromatic nitrogens is 2. The Bertz CT molecular complexity index is 502. The van der Waals surface area contributed by atoms with Crippen LogP contribution in [0.2, 0.25) is 0 Å². The summed E-state index contributed by atoms with van der Waals surface area (Å²) in [5, 5.41) is 0. The third-order valence-electron chi connectivity index (χ3n) is 2.34. The molecule has 5 nitrogen and oxygen atoms in total. The molecule has 0 amide bonds. The first kappa shape index (κ1) is 12.5. The van der Waals surface area contributed by atoms with E-state index in [9.17, 15) is 4.79 Å². The van der Waals surface area contributed by atoms with Crippen LogP contribution < -0.4 is 16.2 Å². The first-order valence-electron chi connectivity index (χ1n) is 5.29. The summed E-state index contributed by atoms with van der Waals surface area (Å²) in [6.45, 7) is 2.83. The van der Waals surface area contributed by atoms with Crippen LogP contribution in [0.3, 0.4) is 0 Å². The zero-order chi connectivity index (χ0) is 12.4. The van der Waals surface area contributed by atoms with Gasteiger partial charge in [-0.05, 0) is 0 Å². The van der Waals surface area contributed by atoms with E-state index < -0.39 is 0 Å². The van der Waals surface area contributed by atoms with Gasteiger partial charge in [-0.15, -0.1) is 0 Å². The van der Waals surface area contributed by atoms with Crippen LogP contribution in [0, 0.1) is 0 Å². The van der Waals surface area contributed by atoms with Crippen molar-refractivity contribution in [2.75, 3.05) is 17.2 Å². The minimum absolute atomic E-state index is 0.148. The summed E-state index contributed by atoms with van der Waals surface area (Å²) in [7, 11) is 0. The van der Waals surface area contributed by atoms with Crippen LogP contribution in [0.1, 0.15) is 13.3 Å². The Hall–Kier alpha value is -0.911. The number of hydrogen-bond donors (Lipinski definition) is 2. The average Bonchev–Trinajstić information content (AvgIpc) is 2.57. The van der Waals surface area contributed by atoms with Crippen molar-refractivity contribution >= 4 is 39.5 Å². The van der Waals surface area contributed by atoms with E-state index in [1.807, 2.05) is 0 Å². The molecular weight excluding hydrogens is 303 g/mol. The van der Waals surface area contributed by atoms with Gasteiger partial charge in [-0.3, -0.25) is 0 Å². The normalized spacial score (nSPS) is 18.9. The molecule has 92 valence electrons. The zero-order valence-electron chi connectivity index (χ0n) is 9.38. The minimum atomic E-state index is -0.157. The second-order valence-corrected chi connectivity index (χ2v) is 6.46. The number of nitrogens with one attached hydrogen (secondary N) is 1. The molecule has 1 aromatic rings. The fraction of sp³-hybridized carbons (Fsp3) is 0.400. The second-order valence-electron chi connectivity index (χ2n) is 3.58. The molecule has 0 radical (unpaired) electrons. The predicted molar refractivity (Wildman–Crippen MR) is 72.8 cm³/mol. The van der Waals surface area contributed by atoms with E-state index >= 15 is 0 Å². The molecular formula is C10H14N4OSSe. The summed E-state index contributed by atoms with van der Waals surface area (Å²) in [4.78, 5) is 21.1. The molecule has 1 atom stereocenters. The topological polar surface area (TPSA) is 75.0 Å². The standard InChI is InChI=1S/C10H14N4OSSe/c1-2-3-4-5-14-7-6(16-10(14)17)8(15)13-9(11)12-7/h3-4,10,17H,2,5H2,1H3,(H3,11,12,13,15). The Morgan fingerprint density at radius 3 is 3.12 bits per heavy atom. The van der Waals surface area contributed by atoms with Crippen molar-refractivity contribution in [1.29, 1.82) is 0 Å². The second kappa shape index (κ2) is 5.16. The van der Waals surface area contributed by atoms with Crippen molar-refractivity contribution in [2.45, 2.75) is 22.5 Å². The summed E-state index contributed by atoms with van der Waals surface area (Å²) < 4.78 is 0.148. The molecule has 0 bridgehead atoms. The molecule has 1 aromatic heterocycles. The number of allylic oxidation sites excluding steroid dienone is 1. The number of anilines is 2. The molecule has 0 fully saturated rings. The maximum atomic E-state index is 11.7. The van der Waals surface area contributed by atoms with E-state index in [2.05, 4.69) is 50.0 Å². The molecule has 0 aromatic carbocycles. The van der Waals surface area contributed by atoms with Gasteiger partial charge in [0.05, 0.1) is 0 Å². The molecule has 2 heterocycles. The van der Waals surface area contributed by atoms with Crippen LogP contribution in [0.4, 0.5) is 11.8 Å². The predicted octanol–water partition coefficient (Wildman–Crippen LogP) is 0.415. The number of nitrogens with two attached hydrogens (primary N) is 1. The van der Waals surface area contributed by atoms with Gasteiger partial charge in [0.1, 0.15) is 0 Å². The van der Waals surface area contributed by atoms with Gasteiger partial charge in [-0.25, -0.2) is 0 Å². The Balaban J connectivity index is 2.33. The number of H-pyrrole nitrogens is 1. The van der Waals surface area contributed by atoms with Gasteiger partial charge in [0.2, 0.25) is 0 Å². The number of aromatic amines is 1. The van der Waals surface area contributed by atoms with Crippen LogP contribution in [-0.4, -0.2) is 36.8 Å². The van der Waals surface area contributed by atoms with E-state index in [0.717, 1.165) is 13.0 Å². The van der Waals surface area contributed by atoms with E-state index in [1.165, 1.54) is 11.8 Å². The van der Waals surface area contributed by atoms with Crippen LogP contribution in [0.25, 0.3) is 0 Å². The van der Waals surface area contributed by atoms with E-state index in [1.54, 1.807) is 0 Å². The van der Waals surface area contributed by atoms with E-state index in [0.29, 0.717) is 10.7 Å². The molecule has 1 unspecified atom stereocenters. The molecule has 0 saturated carbocycles. The number of nitrogens with zero attached hydrogens (tertiary/aromatic N) is 2. The van der Waals surface area contributed by atoms with Gasteiger partial charge in [0, 0.05) is 0 Å². The van der Waals surface area contributed by atoms with Gasteiger partial charge in [-0.2, -0.15) is 0 Å². The zero-order valence-corrected chi connectivity index (χ0v) is 12.1. The Morgan fingerprint density at radius 2 is 2.41 bits per heavy atom. The van der Waals surface area contributed by atoms with Gasteiger partial charge in [0.15, 0.2) is 0 Å². The first-order chi connectivity index (χ1) is 8.13. The monoisotopic (exact) mass is 318 g/mol.